The monoisotopic (exact) mass is 571 g/mol. The molecule has 1 fully saturated rings. The van der Waals surface area contributed by atoms with Crippen molar-refractivity contribution >= 4 is 17.3 Å². The molecule has 1 N–H and O–H groups in total. The molecular weight excluding hydrogens is 534 g/mol. The van der Waals surface area contributed by atoms with Crippen LogP contribution in [-0.2, 0) is 16.1 Å². The maximum absolute atomic E-state index is 12.0. The molecule has 0 radical (unpaired) electrons. The quantitative estimate of drug-likeness (QED) is 0.169. The minimum Gasteiger partial charge on any atom is -0.458 e. The lowest BCUT2D eigenvalue weighted by molar-refractivity contribution is -0.150. The van der Waals surface area contributed by atoms with Crippen molar-refractivity contribution in [2.45, 2.75) is 39.3 Å². The van der Waals surface area contributed by atoms with E-state index < -0.39 is 0 Å². The van der Waals surface area contributed by atoms with Crippen molar-refractivity contribution in [3.05, 3.63) is 114 Å². The number of ether oxygens (including phenoxy) is 1. The van der Waals surface area contributed by atoms with E-state index in [0.29, 0.717) is 5.76 Å². The lowest BCUT2D eigenvalue weighted by Crippen LogP contribution is -2.11. The molecule has 4 aromatic carbocycles. The van der Waals surface area contributed by atoms with Gasteiger partial charge in [0.15, 0.2) is 5.76 Å². The van der Waals surface area contributed by atoms with E-state index in [9.17, 15) is 4.79 Å². The van der Waals surface area contributed by atoms with Crippen molar-refractivity contribution in [2.24, 2.45) is 5.92 Å². The Balaban J connectivity index is 1.19. The number of aryl methyl sites for hydroxylation is 1. The van der Waals surface area contributed by atoms with E-state index >= 15 is 0 Å². The first-order chi connectivity index (χ1) is 20.9. The summed E-state index contributed by atoms with van der Waals surface area (Å²) in [6.07, 6.45) is 1.65. The minimum absolute atomic E-state index is 0.0817. The third-order valence-corrected chi connectivity index (χ3v) is 7.87. The number of rotatable bonds is 10. The lowest BCUT2D eigenvalue weighted by Gasteiger charge is -2.15. The summed E-state index contributed by atoms with van der Waals surface area (Å²) in [5, 5.41) is 7.85. The van der Waals surface area contributed by atoms with Crippen molar-refractivity contribution < 1.29 is 14.1 Å². The largest absolute Gasteiger partial charge is 0.458 e. The molecule has 0 bridgehead atoms. The second kappa shape index (κ2) is 12.3. The third-order valence-electron chi connectivity index (χ3n) is 7.87. The summed E-state index contributed by atoms with van der Waals surface area (Å²) < 4.78 is 11.4. The molecule has 1 heterocycles. The maximum Gasteiger partial charge on any atom is 0.309 e. The van der Waals surface area contributed by atoms with Crippen molar-refractivity contribution in [1.82, 2.24) is 10.1 Å². The molecule has 6 rings (SSSR count). The first kappa shape index (κ1) is 28.4. The molecule has 1 unspecified atom stereocenters. The second-order valence-electron chi connectivity index (χ2n) is 11.6. The summed E-state index contributed by atoms with van der Waals surface area (Å²) in [6.45, 7) is 4.75. The Morgan fingerprint density at radius 3 is 2.28 bits per heavy atom. The van der Waals surface area contributed by atoms with Gasteiger partial charge in [-0.3, -0.25) is 4.79 Å². The Bertz CT molecular complexity index is 1720. The molecule has 0 amide bonds. The molecule has 6 heteroatoms. The number of carbonyl (C=O) groups excluding carboxylic acids is 1. The Morgan fingerprint density at radius 2 is 1.58 bits per heavy atom. The minimum atomic E-state index is -0.251. The fourth-order valence-electron chi connectivity index (χ4n) is 5.32. The summed E-state index contributed by atoms with van der Waals surface area (Å²) in [5.74, 6) is 0.718. The average molecular weight is 572 g/mol. The van der Waals surface area contributed by atoms with Crippen LogP contribution < -0.4 is 5.32 Å². The Morgan fingerprint density at radius 1 is 0.907 bits per heavy atom. The van der Waals surface area contributed by atoms with Gasteiger partial charge in [-0.15, -0.1) is 0 Å². The standard InChI is InChI=1S/C37H37N3O3/c1-24-35(38-33-10-7-9-31(22-33)34-11-6-5-8-32(34)23-40(3)4)36(43-39-24)29-18-16-28(17-19-29)27-14-12-26(13-15-27)25(2)42-37(41)30-20-21-30/h5-19,22,25,30,38H,20-21,23H2,1-4H3. The van der Waals surface area contributed by atoms with Crippen LogP contribution in [0.3, 0.4) is 0 Å². The van der Waals surface area contributed by atoms with Crippen LogP contribution in [0.15, 0.2) is 102 Å². The van der Waals surface area contributed by atoms with Crippen molar-refractivity contribution in [2.75, 3.05) is 19.4 Å². The van der Waals surface area contributed by atoms with E-state index in [0.717, 1.165) is 64.3 Å². The zero-order chi connectivity index (χ0) is 29.9. The molecule has 0 saturated heterocycles. The summed E-state index contributed by atoms with van der Waals surface area (Å²) in [5.41, 5.74) is 10.4. The van der Waals surface area contributed by atoms with E-state index in [1.807, 2.05) is 26.0 Å². The number of aromatic nitrogens is 1. The topological polar surface area (TPSA) is 67.6 Å². The predicted molar refractivity (Wildman–Crippen MR) is 172 cm³/mol. The van der Waals surface area contributed by atoms with Crippen LogP contribution >= 0.6 is 0 Å². The highest BCUT2D eigenvalue weighted by Gasteiger charge is 2.32. The molecule has 218 valence electrons. The normalized spacial score (nSPS) is 13.6. The number of carbonyl (C=O) groups is 1. The van der Waals surface area contributed by atoms with Crippen LogP contribution in [0.1, 0.15) is 42.7 Å². The van der Waals surface area contributed by atoms with Crippen LogP contribution in [0.4, 0.5) is 11.4 Å². The molecule has 6 nitrogen and oxygen atoms in total. The van der Waals surface area contributed by atoms with Crippen LogP contribution in [0.2, 0.25) is 0 Å². The van der Waals surface area contributed by atoms with Gasteiger partial charge in [0.2, 0.25) is 0 Å². The first-order valence-electron chi connectivity index (χ1n) is 14.8. The summed E-state index contributed by atoms with van der Waals surface area (Å²) in [4.78, 5) is 14.2. The number of nitrogens with one attached hydrogen (secondary N) is 1. The van der Waals surface area contributed by atoms with Gasteiger partial charge in [-0.25, -0.2) is 0 Å². The van der Waals surface area contributed by atoms with E-state index in [4.69, 9.17) is 9.26 Å². The number of hydrogen-bond donors (Lipinski definition) is 1. The van der Waals surface area contributed by atoms with Crippen molar-refractivity contribution in [3.63, 3.8) is 0 Å². The van der Waals surface area contributed by atoms with Crippen molar-refractivity contribution in [3.8, 4) is 33.6 Å². The van der Waals surface area contributed by atoms with Gasteiger partial charge in [0.1, 0.15) is 17.5 Å². The van der Waals surface area contributed by atoms with Crippen LogP contribution in [0, 0.1) is 12.8 Å². The van der Waals surface area contributed by atoms with E-state index in [1.54, 1.807) is 0 Å². The number of anilines is 2. The molecule has 43 heavy (non-hydrogen) atoms. The number of benzene rings is 4. The summed E-state index contributed by atoms with van der Waals surface area (Å²) >= 11 is 0. The molecule has 1 saturated carbocycles. The van der Waals surface area contributed by atoms with Crippen LogP contribution in [-0.4, -0.2) is 30.1 Å². The zero-order valence-electron chi connectivity index (χ0n) is 25.1. The molecule has 1 aromatic heterocycles. The highest BCUT2D eigenvalue weighted by atomic mass is 16.5. The molecule has 1 aliphatic carbocycles. The number of nitrogens with zero attached hydrogens (tertiary/aromatic N) is 2. The number of esters is 1. The lowest BCUT2D eigenvalue weighted by atomic mass is 9.98. The van der Waals surface area contributed by atoms with Gasteiger partial charge in [-0.1, -0.05) is 90.1 Å². The summed E-state index contributed by atoms with van der Waals surface area (Å²) in [7, 11) is 4.18. The van der Waals surface area contributed by atoms with Gasteiger partial charge >= 0.3 is 5.97 Å². The smallest absolute Gasteiger partial charge is 0.309 e. The number of hydrogen-bond acceptors (Lipinski definition) is 6. The SMILES string of the molecule is Cc1noc(-c2ccc(-c3ccc(C(C)OC(=O)C4CC4)cc3)cc2)c1Nc1cccc(-c2ccccc2CN(C)C)c1. The van der Waals surface area contributed by atoms with Crippen molar-refractivity contribution in [1.29, 1.82) is 0 Å². The van der Waals surface area contributed by atoms with Gasteiger partial charge in [0.05, 0.1) is 5.92 Å². The van der Waals surface area contributed by atoms with Crippen LogP contribution in [0.25, 0.3) is 33.6 Å². The van der Waals surface area contributed by atoms with Gasteiger partial charge in [0.25, 0.3) is 0 Å². The molecule has 1 aliphatic rings. The zero-order valence-corrected chi connectivity index (χ0v) is 25.1. The maximum atomic E-state index is 12.0. The first-order valence-corrected chi connectivity index (χ1v) is 14.8. The molecule has 5 aromatic rings. The molecule has 0 aliphatic heterocycles. The molecular formula is C37H37N3O3. The third kappa shape index (κ3) is 6.55. The summed E-state index contributed by atoms with van der Waals surface area (Å²) in [6, 6.07) is 33.5. The van der Waals surface area contributed by atoms with E-state index in [1.165, 1.54) is 11.1 Å². The van der Waals surface area contributed by atoms with Gasteiger partial charge in [0, 0.05) is 17.8 Å². The molecule has 1 atom stereocenters. The Hall–Kier alpha value is -4.68. The highest BCUT2D eigenvalue weighted by Crippen LogP contribution is 2.36. The van der Waals surface area contributed by atoms with Gasteiger partial charge < -0.3 is 19.5 Å². The van der Waals surface area contributed by atoms with E-state index in [2.05, 4.69) is 114 Å². The highest BCUT2D eigenvalue weighted by molar-refractivity contribution is 5.81. The van der Waals surface area contributed by atoms with E-state index in [-0.39, 0.29) is 18.0 Å². The fourth-order valence-corrected chi connectivity index (χ4v) is 5.32. The molecule has 0 spiro atoms. The fraction of sp³-hybridized carbons (Fsp3) is 0.243. The average Bonchev–Trinajstić information content (AvgIpc) is 3.81. The van der Waals surface area contributed by atoms with Gasteiger partial charge in [-0.2, -0.15) is 0 Å². The van der Waals surface area contributed by atoms with Crippen LogP contribution in [0.5, 0.6) is 0 Å². The second-order valence-corrected chi connectivity index (χ2v) is 11.6. The Labute approximate surface area is 253 Å². The van der Waals surface area contributed by atoms with Gasteiger partial charge in [-0.05, 0) is 86.3 Å². The predicted octanol–water partition coefficient (Wildman–Crippen LogP) is 8.80. The Kier molecular flexibility index (Phi) is 8.12.